The quantitative estimate of drug-likeness (QED) is 0.0122. The molecule has 0 aliphatic carbocycles. The van der Waals surface area contributed by atoms with E-state index in [-0.39, 0.29) is 156 Å². The van der Waals surface area contributed by atoms with E-state index in [1.807, 2.05) is 62.1 Å². The molecule has 0 radical (unpaired) electrons. The third-order valence-electron chi connectivity index (χ3n) is 16.4. The summed E-state index contributed by atoms with van der Waals surface area (Å²) in [7, 11) is 0. The molecule has 40 heteroatoms. The molecule has 0 unspecified atom stereocenters. The molecule has 5 aromatic carbocycles. The first kappa shape index (κ1) is 90.1. The predicted octanol–water partition coefficient (Wildman–Crippen LogP) is -3.69. The number of carbonyl (C=O) groups is 12. The highest BCUT2D eigenvalue weighted by Crippen LogP contribution is 2.08. The van der Waals surface area contributed by atoms with Gasteiger partial charge < -0.3 is 18.9 Å². The fraction of sp³-hybridized carbons (Fsp3) is 0.408. The summed E-state index contributed by atoms with van der Waals surface area (Å²) >= 11 is 0. The molecule has 2 aliphatic rings. The lowest BCUT2D eigenvalue weighted by molar-refractivity contribution is -0.125. The van der Waals surface area contributed by atoms with Gasteiger partial charge in [-0.25, -0.2) is 64.3 Å². The third-order valence-corrected chi connectivity index (χ3v) is 16.4. The highest BCUT2D eigenvalue weighted by atomic mass is 16.6. The van der Waals surface area contributed by atoms with E-state index < -0.39 is 48.0 Å². The molecule has 2 aliphatic heterocycles. The Kier molecular flexibility index (Phi) is 43.3. The van der Waals surface area contributed by atoms with Crippen LogP contribution in [-0.4, -0.2) is 268 Å². The number of nitrogens with zero attached hydrogens (tertiary/aromatic N) is 8. The van der Waals surface area contributed by atoms with Crippen molar-refractivity contribution in [1.82, 2.24) is 104 Å². The maximum absolute atomic E-state index is 13.3. The zero-order chi connectivity index (χ0) is 80.2. The van der Waals surface area contributed by atoms with Gasteiger partial charge in [-0.05, 0) is 29.2 Å². The summed E-state index contributed by atoms with van der Waals surface area (Å²) in [5.74, 6) is 17.1. The summed E-state index contributed by atoms with van der Waals surface area (Å²) in [6.07, 6.45) is -3.55. The minimum atomic E-state index is -0.887. The van der Waals surface area contributed by atoms with Crippen LogP contribution >= 0.6 is 0 Å². The van der Waals surface area contributed by atoms with Gasteiger partial charge in [-0.2, -0.15) is 0 Å². The maximum atomic E-state index is 13.3. The van der Waals surface area contributed by atoms with E-state index in [2.05, 4.69) is 84.2 Å². The first-order valence-electron chi connectivity index (χ1n) is 35.5. The zero-order valence-corrected chi connectivity index (χ0v) is 62.2. The molecule has 604 valence electrons. The van der Waals surface area contributed by atoms with Gasteiger partial charge in [0.2, 0.25) is 23.6 Å². The van der Waals surface area contributed by atoms with Crippen LogP contribution in [0.5, 0.6) is 0 Å². The van der Waals surface area contributed by atoms with Crippen LogP contribution in [0.15, 0.2) is 152 Å². The molecule has 0 aromatic heterocycles. The Morgan fingerprint density at radius 3 is 0.550 bits per heavy atom. The lowest BCUT2D eigenvalue weighted by Crippen LogP contribution is -2.54. The van der Waals surface area contributed by atoms with Gasteiger partial charge in [-0.15, -0.1) is 0 Å². The molecule has 2 fully saturated rings. The van der Waals surface area contributed by atoms with Gasteiger partial charge in [0.1, 0.15) is 26.4 Å². The highest BCUT2D eigenvalue weighted by molar-refractivity contribution is 5.83. The first-order valence-corrected chi connectivity index (χ1v) is 35.5. The monoisotopic (exact) mass is 1550 g/mol. The van der Waals surface area contributed by atoms with Crippen LogP contribution in [0.25, 0.3) is 0 Å². The lowest BCUT2D eigenvalue weighted by atomic mass is 10.2. The summed E-state index contributed by atoms with van der Waals surface area (Å²) in [5, 5.41) is 0. The van der Waals surface area contributed by atoms with Crippen LogP contribution in [0.4, 0.5) is 19.2 Å². The summed E-state index contributed by atoms with van der Waals surface area (Å²) in [6, 6.07) is 46.1. The second-order valence-electron chi connectivity index (χ2n) is 25.1. The van der Waals surface area contributed by atoms with Crippen LogP contribution in [0.2, 0.25) is 0 Å². The van der Waals surface area contributed by atoms with E-state index in [1.54, 1.807) is 117 Å². The topological polar surface area (TPSA) is 516 Å². The van der Waals surface area contributed by atoms with Crippen LogP contribution in [0, 0.1) is 6.92 Å². The fourth-order valence-corrected chi connectivity index (χ4v) is 10.4. The van der Waals surface area contributed by atoms with Crippen LogP contribution in [-0.2, 0) is 83.7 Å². The Labute approximate surface area is 644 Å². The number of benzene rings is 5. The average molecular weight is 1550 g/mol. The Morgan fingerprint density at radius 2 is 0.405 bits per heavy atom. The van der Waals surface area contributed by atoms with Gasteiger partial charge in [0.25, 0.3) is 23.6 Å². The number of aryl methyl sites for hydroxylation is 1. The predicted molar refractivity (Wildman–Crippen MR) is 405 cm³/mol. The second-order valence-corrected chi connectivity index (χ2v) is 25.1. The molecule has 0 saturated carbocycles. The summed E-state index contributed by atoms with van der Waals surface area (Å²) in [6.45, 7) is 6.38. The zero-order valence-electron chi connectivity index (χ0n) is 63.2. The second kappa shape index (κ2) is 53.3. The van der Waals surface area contributed by atoms with E-state index in [9.17, 15) is 57.5 Å². The van der Waals surface area contributed by atoms with Crippen LogP contribution in [0.1, 0.15) is 29.2 Å². The van der Waals surface area contributed by atoms with Gasteiger partial charge in [-0.3, -0.25) is 121 Å². The van der Waals surface area contributed by atoms with Crippen molar-refractivity contribution in [2.75, 3.05) is 157 Å². The number of ether oxygens (including phenoxy) is 4. The number of carbonyl (C=O) groups excluding carboxylic acids is 12. The average Bonchev–Trinajstić information content (AvgIpc) is 0.901. The van der Waals surface area contributed by atoms with E-state index >= 15 is 0 Å². The number of nitrogens with two attached hydrogens (primary N) is 4. The largest absolute Gasteiger partial charge is 1.00 e. The van der Waals surface area contributed by atoms with Gasteiger partial charge >= 0.3 is 25.8 Å². The standard InChI is InChI=1S/C48H60N12O12.C16H36N12O4.C7H8/c61-41(49-53-45(65)69-33-37-13-5-1-6-14-37)29-57-21-23-58(30-42(62)50-54-46(66)70-34-38-15-7-2-8-16-38)25-27-60(32-44(64)52-56-48(68)72-36-40-19-11-4-12-20-40)28-26-59(24-22-57)31-43(63)51-55-47(67)71-35-39-17-9-3-10-18-39;17-21-13(29)9-25-1-2-26(10-14(30)22-18)5-6-28(12-16(32)24-20)8-7-27(4-3-25)11-15(31)23-19;1-7-5-3-2-4-6-7/h1-20H,21-36H2,(H,49,61)(H,50,62)(H,51,63)(H,52,64)(H,53,65)(H,54,66)(H,55,67)(H,56,68);1-12,17-20H2,(H,21,29)(H,22,30)(H,23,31)(H,24,32);2-6H,1H3/p+1. The van der Waals surface area contributed by atoms with Crippen molar-refractivity contribution in [3.8, 4) is 0 Å². The van der Waals surface area contributed by atoms with E-state index in [1.165, 1.54) is 5.56 Å². The smallest absolute Gasteiger partial charge is 0.443 e. The minimum absolute atomic E-state index is 0. The molecule has 40 nitrogen and oxygen atoms in total. The molecule has 0 bridgehead atoms. The highest BCUT2D eigenvalue weighted by Gasteiger charge is 2.25. The van der Waals surface area contributed by atoms with Crippen molar-refractivity contribution in [1.29, 1.82) is 0 Å². The van der Waals surface area contributed by atoms with E-state index in [0.29, 0.717) is 52.4 Å². The summed E-state index contributed by atoms with van der Waals surface area (Å²) in [4.78, 5) is 164. The first-order chi connectivity index (χ1) is 53.6. The molecular weight excluding hydrogens is 1440 g/mol. The van der Waals surface area contributed by atoms with Crippen molar-refractivity contribution in [3.63, 3.8) is 0 Å². The molecular formula is C71H105N24O16+. The van der Waals surface area contributed by atoms with Crippen molar-refractivity contribution >= 4 is 71.6 Å². The van der Waals surface area contributed by atoms with Gasteiger partial charge in [-0.1, -0.05) is 157 Å². The Morgan fingerprint density at radius 1 is 0.252 bits per heavy atom. The number of hydrogen-bond acceptors (Lipinski definition) is 28. The normalized spacial score (nSPS) is 14.7. The number of amides is 12. The third kappa shape index (κ3) is 41.6. The van der Waals surface area contributed by atoms with Gasteiger partial charge in [0.05, 0.1) is 52.4 Å². The van der Waals surface area contributed by atoms with Crippen molar-refractivity contribution in [3.05, 3.63) is 179 Å². The van der Waals surface area contributed by atoms with Crippen LogP contribution in [0.3, 0.4) is 0 Å². The molecule has 7 rings (SSSR count). The van der Waals surface area contributed by atoms with E-state index in [4.69, 9.17) is 42.3 Å². The van der Waals surface area contributed by atoms with Gasteiger partial charge in [0.15, 0.2) is 0 Å². The molecule has 5 aromatic rings. The Hall–Kier alpha value is -11.5. The molecule has 20 N–H and O–H groups in total. The minimum Gasteiger partial charge on any atom is -0.443 e. The van der Waals surface area contributed by atoms with Crippen LogP contribution < -0.4 is 88.5 Å². The summed E-state index contributed by atoms with van der Waals surface area (Å²) < 4.78 is 20.8. The fourth-order valence-electron chi connectivity index (χ4n) is 10.4. The number of hydrogen-bond donors (Lipinski definition) is 16. The van der Waals surface area contributed by atoms with Crippen molar-refractivity contribution < 1.29 is 77.9 Å². The number of rotatable bonds is 24. The SMILES string of the molecule is Cc1ccccc1.NNC(=O)CN1CCN(CC(=O)NN)CCN(CC(=O)NN)CCN(CC(=O)NN)CC1.O=C(CN1CCN(CC(=O)NNC(=O)OCc2ccccc2)CCN(CC(=O)NNC(=O)OCc2ccccc2)CCN(CC(=O)NNC(=O)OCc2ccccc2)CC1)NNC(=O)OCc1ccccc1.[H+]. The Bertz CT molecular complexity index is 3180. The van der Waals surface area contributed by atoms with Crippen molar-refractivity contribution in [2.45, 2.75) is 33.4 Å². The molecule has 2 heterocycles. The molecule has 0 atom stereocenters. The molecule has 2 saturated heterocycles. The molecule has 111 heavy (non-hydrogen) atoms. The van der Waals surface area contributed by atoms with Crippen molar-refractivity contribution in [2.24, 2.45) is 23.4 Å². The number of hydrazine groups is 8. The number of nitrogens with one attached hydrogen (secondary N) is 12. The molecule has 0 spiro atoms. The van der Waals surface area contributed by atoms with E-state index in [0.717, 1.165) is 22.3 Å². The van der Waals surface area contributed by atoms with Gasteiger partial charge in [0, 0.05) is 105 Å². The Balaban J connectivity index is 0.000000544. The summed E-state index contributed by atoms with van der Waals surface area (Å²) in [5.41, 5.74) is 31.1. The molecule has 12 amide bonds. The maximum Gasteiger partial charge on any atom is 1.00 e. The lowest BCUT2D eigenvalue weighted by Gasteiger charge is -2.33.